The van der Waals surface area contributed by atoms with Crippen LogP contribution < -0.4 is 0 Å². The topological polar surface area (TPSA) is 79.5 Å². The van der Waals surface area contributed by atoms with Gasteiger partial charge in [0, 0.05) is 31.3 Å². The van der Waals surface area contributed by atoms with Gasteiger partial charge in [0.05, 0.1) is 12.5 Å². The number of amides is 1. The molecule has 1 aromatic rings. The van der Waals surface area contributed by atoms with Crippen molar-refractivity contribution in [2.75, 3.05) is 13.2 Å². The Morgan fingerprint density at radius 2 is 2.09 bits per heavy atom. The van der Waals surface area contributed by atoms with Crippen molar-refractivity contribution < 1.29 is 9.53 Å². The molecule has 118 valence electrons. The van der Waals surface area contributed by atoms with Gasteiger partial charge in [-0.1, -0.05) is 6.07 Å². The Kier molecular flexibility index (Phi) is 3.70. The predicted molar refractivity (Wildman–Crippen MR) is 85.5 cm³/mol. The molecule has 3 aliphatic heterocycles. The molecule has 0 aromatic carbocycles. The second kappa shape index (κ2) is 6.00. The number of hydrazone groups is 1. The summed E-state index contributed by atoms with van der Waals surface area (Å²) in [4.78, 5) is 25.3. The molecule has 1 unspecified atom stereocenters. The lowest BCUT2D eigenvalue weighted by Crippen LogP contribution is -2.42. The lowest BCUT2D eigenvalue weighted by molar-refractivity contribution is -0.118. The van der Waals surface area contributed by atoms with E-state index in [-0.39, 0.29) is 11.9 Å². The molecule has 0 bridgehead atoms. The number of amidine groups is 2. The molecule has 0 radical (unpaired) electrons. The molecule has 1 saturated heterocycles. The van der Waals surface area contributed by atoms with Gasteiger partial charge < -0.3 is 4.74 Å². The number of ether oxygens (including phenoxy) is 1. The highest BCUT2D eigenvalue weighted by Gasteiger charge is 2.39. The number of carbonyl (C=O) groups is 1. The number of carbonyl (C=O) groups excluding carboxylic acids is 1. The average Bonchev–Trinajstić information content (AvgIpc) is 3.01. The molecule has 3 aliphatic rings. The Hall–Kier alpha value is -2.41. The van der Waals surface area contributed by atoms with E-state index in [1.54, 1.807) is 12.4 Å². The van der Waals surface area contributed by atoms with Crippen LogP contribution in [-0.2, 0) is 16.0 Å². The van der Waals surface area contributed by atoms with Crippen LogP contribution in [0.4, 0.5) is 0 Å². The van der Waals surface area contributed by atoms with E-state index >= 15 is 0 Å². The first kappa shape index (κ1) is 14.2. The fraction of sp³-hybridized carbons (Fsp3) is 0.438. The van der Waals surface area contributed by atoms with Gasteiger partial charge in [-0.2, -0.15) is 10.1 Å². The Balaban J connectivity index is 1.57. The average molecular weight is 311 g/mol. The quantitative estimate of drug-likeness (QED) is 0.836. The smallest absolute Gasteiger partial charge is 0.263 e. The highest BCUT2D eigenvalue weighted by Crippen LogP contribution is 2.25. The summed E-state index contributed by atoms with van der Waals surface area (Å²) in [5, 5.41) is 6.30. The summed E-state index contributed by atoms with van der Waals surface area (Å²) in [6.45, 7) is 1.44. The van der Waals surface area contributed by atoms with E-state index < -0.39 is 5.92 Å². The minimum Gasteiger partial charge on any atom is -0.381 e. The van der Waals surface area contributed by atoms with Crippen LogP contribution in [0, 0.1) is 5.92 Å². The molecule has 1 atom stereocenters. The van der Waals surface area contributed by atoms with Crippen molar-refractivity contribution in [3.05, 3.63) is 30.1 Å². The molecule has 0 N–H and O–H groups in total. The Morgan fingerprint density at radius 3 is 2.87 bits per heavy atom. The fourth-order valence-corrected chi connectivity index (χ4v) is 3.01. The maximum Gasteiger partial charge on any atom is 0.263 e. The third-order valence-electron chi connectivity index (χ3n) is 4.20. The first-order valence-electron chi connectivity index (χ1n) is 7.82. The summed E-state index contributed by atoms with van der Waals surface area (Å²) < 4.78 is 5.40. The monoisotopic (exact) mass is 311 g/mol. The van der Waals surface area contributed by atoms with E-state index in [2.05, 4.69) is 20.1 Å². The maximum absolute atomic E-state index is 12.3. The summed E-state index contributed by atoms with van der Waals surface area (Å²) in [6.07, 6.45) is 5.61. The van der Waals surface area contributed by atoms with Gasteiger partial charge >= 0.3 is 0 Å². The van der Waals surface area contributed by atoms with Crippen LogP contribution in [-0.4, -0.2) is 53.0 Å². The van der Waals surface area contributed by atoms with Crippen LogP contribution in [0.25, 0.3) is 0 Å². The molecule has 4 rings (SSSR count). The lowest BCUT2D eigenvalue weighted by Gasteiger charge is -2.31. The SMILES string of the molecule is O=C1N=C(Cc2ccccn2)N=C2C1C=NN2C1CCOCC1. The number of hydrogen-bond acceptors (Lipinski definition) is 6. The molecule has 4 heterocycles. The van der Waals surface area contributed by atoms with Gasteiger partial charge in [-0.15, -0.1) is 0 Å². The van der Waals surface area contributed by atoms with Gasteiger partial charge in [-0.3, -0.25) is 9.78 Å². The molecule has 1 aromatic heterocycles. The van der Waals surface area contributed by atoms with Crippen molar-refractivity contribution in [1.82, 2.24) is 9.99 Å². The standard InChI is InChI=1S/C16H17N5O2/c22-16-13-10-18-21(12-4-7-23-8-5-12)15(13)19-14(20-16)9-11-3-1-2-6-17-11/h1-3,6,10,12-13H,4-5,7-9H2. The number of fused-ring (bicyclic) bond motifs is 1. The number of aliphatic imine (C=N–C) groups is 2. The maximum atomic E-state index is 12.3. The van der Waals surface area contributed by atoms with Crippen LogP contribution in [0.15, 0.2) is 39.5 Å². The van der Waals surface area contributed by atoms with E-state index in [9.17, 15) is 4.79 Å². The van der Waals surface area contributed by atoms with E-state index in [0.717, 1.165) is 31.7 Å². The van der Waals surface area contributed by atoms with E-state index in [4.69, 9.17) is 4.74 Å². The van der Waals surface area contributed by atoms with Crippen LogP contribution in [0.3, 0.4) is 0 Å². The van der Waals surface area contributed by atoms with Gasteiger partial charge in [0.15, 0.2) is 0 Å². The molecule has 1 fully saturated rings. The zero-order valence-corrected chi connectivity index (χ0v) is 12.6. The molecule has 7 nitrogen and oxygen atoms in total. The number of pyridine rings is 1. The summed E-state index contributed by atoms with van der Waals surface area (Å²) in [5.41, 5.74) is 0.846. The number of aromatic nitrogens is 1. The number of rotatable bonds is 3. The highest BCUT2D eigenvalue weighted by molar-refractivity contribution is 6.24. The molecule has 1 amide bonds. The van der Waals surface area contributed by atoms with Crippen LogP contribution in [0.1, 0.15) is 18.5 Å². The van der Waals surface area contributed by atoms with Crippen molar-refractivity contribution in [1.29, 1.82) is 0 Å². The minimum absolute atomic E-state index is 0.195. The Morgan fingerprint density at radius 1 is 1.22 bits per heavy atom. The van der Waals surface area contributed by atoms with E-state index in [1.807, 2.05) is 23.2 Å². The molecular formula is C16H17N5O2. The van der Waals surface area contributed by atoms with Gasteiger partial charge in [0.2, 0.25) is 0 Å². The van der Waals surface area contributed by atoms with Gasteiger partial charge in [0.1, 0.15) is 17.6 Å². The van der Waals surface area contributed by atoms with Gasteiger partial charge in [0.25, 0.3) is 5.91 Å². The highest BCUT2D eigenvalue weighted by atomic mass is 16.5. The largest absolute Gasteiger partial charge is 0.381 e. The van der Waals surface area contributed by atoms with Gasteiger partial charge in [-0.05, 0) is 25.0 Å². The number of hydrogen-bond donors (Lipinski definition) is 0. The van der Waals surface area contributed by atoms with E-state index in [0.29, 0.717) is 18.1 Å². The first-order chi connectivity index (χ1) is 11.3. The summed E-state index contributed by atoms with van der Waals surface area (Å²) >= 11 is 0. The molecule has 0 saturated carbocycles. The zero-order valence-electron chi connectivity index (χ0n) is 12.6. The summed E-state index contributed by atoms with van der Waals surface area (Å²) in [6, 6.07) is 5.92. The van der Waals surface area contributed by atoms with Crippen molar-refractivity contribution in [3.8, 4) is 0 Å². The van der Waals surface area contributed by atoms with Crippen molar-refractivity contribution in [3.63, 3.8) is 0 Å². The summed E-state index contributed by atoms with van der Waals surface area (Å²) in [5.74, 6) is 0.565. The third kappa shape index (κ3) is 2.79. The van der Waals surface area contributed by atoms with Crippen LogP contribution in [0.5, 0.6) is 0 Å². The minimum atomic E-state index is -0.440. The lowest BCUT2D eigenvalue weighted by atomic mass is 10.0. The third-order valence-corrected chi connectivity index (χ3v) is 4.20. The molecule has 0 spiro atoms. The first-order valence-corrected chi connectivity index (χ1v) is 7.82. The predicted octanol–water partition coefficient (Wildman–Crippen LogP) is 1.06. The van der Waals surface area contributed by atoms with Crippen LogP contribution in [0.2, 0.25) is 0 Å². The Bertz CT molecular complexity index is 692. The molecule has 23 heavy (non-hydrogen) atoms. The summed E-state index contributed by atoms with van der Waals surface area (Å²) in [7, 11) is 0. The number of nitrogens with zero attached hydrogens (tertiary/aromatic N) is 5. The molecule has 7 heteroatoms. The van der Waals surface area contributed by atoms with Gasteiger partial charge in [-0.25, -0.2) is 10.0 Å². The van der Waals surface area contributed by atoms with Crippen molar-refractivity contribution in [2.45, 2.75) is 25.3 Å². The van der Waals surface area contributed by atoms with Crippen molar-refractivity contribution in [2.24, 2.45) is 21.0 Å². The normalized spacial score (nSPS) is 24.4. The van der Waals surface area contributed by atoms with E-state index in [1.165, 1.54) is 0 Å². The fourth-order valence-electron chi connectivity index (χ4n) is 3.01. The van der Waals surface area contributed by atoms with Crippen molar-refractivity contribution >= 4 is 23.8 Å². The zero-order chi connectivity index (χ0) is 15.6. The second-order valence-electron chi connectivity index (χ2n) is 5.76. The second-order valence-corrected chi connectivity index (χ2v) is 5.76. The Labute approximate surface area is 133 Å². The molecular weight excluding hydrogens is 294 g/mol. The molecule has 0 aliphatic carbocycles. The van der Waals surface area contributed by atoms with Crippen LogP contribution >= 0.6 is 0 Å².